The van der Waals surface area contributed by atoms with E-state index in [0.29, 0.717) is 6.54 Å². The van der Waals surface area contributed by atoms with E-state index in [1.54, 1.807) is 4.68 Å². The van der Waals surface area contributed by atoms with Crippen molar-refractivity contribution in [3.05, 3.63) is 52.3 Å². The van der Waals surface area contributed by atoms with Gasteiger partial charge in [-0.05, 0) is 12.5 Å². The van der Waals surface area contributed by atoms with Crippen molar-refractivity contribution in [2.45, 2.75) is 19.9 Å². The molecule has 0 N–H and O–H groups in total. The number of aryl methyl sites for hydroxylation is 1. The van der Waals surface area contributed by atoms with Crippen LogP contribution in [-0.4, -0.2) is 47.5 Å². The minimum absolute atomic E-state index is 0.0282. The first-order valence-corrected chi connectivity index (χ1v) is 8.24. The van der Waals surface area contributed by atoms with Gasteiger partial charge in [-0.1, -0.05) is 37.3 Å². The fourth-order valence-electron chi connectivity index (χ4n) is 2.81. The highest BCUT2D eigenvalue weighted by Gasteiger charge is 2.13. The Kier molecular flexibility index (Phi) is 5.20. The van der Waals surface area contributed by atoms with Crippen LogP contribution in [0.2, 0.25) is 0 Å². The molecule has 2 heterocycles. The molecular formula is C18H23N3O2. The van der Waals surface area contributed by atoms with E-state index in [1.807, 2.05) is 43.3 Å². The van der Waals surface area contributed by atoms with Crippen molar-refractivity contribution < 1.29 is 4.74 Å². The Balaban J connectivity index is 1.84. The second-order valence-electron chi connectivity index (χ2n) is 5.76. The molecule has 1 aromatic carbocycles. The molecule has 0 unspecified atom stereocenters. The van der Waals surface area contributed by atoms with Gasteiger partial charge in [0.15, 0.2) is 0 Å². The summed E-state index contributed by atoms with van der Waals surface area (Å²) in [7, 11) is 0. The molecular weight excluding hydrogens is 290 g/mol. The summed E-state index contributed by atoms with van der Waals surface area (Å²) < 4.78 is 6.98. The standard InChI is InChI=1S/C18H23N3O2/c1-2-15-14-17(16-6-4-3-5-7-16)19-21(18(15)22)9-8-20-10-12-23-13-11-20/h3-7,14H,2,8-13H2,1H3. The van der Waals surface area contributed by atoms with Crippen molar-refractivity contribution in [1.29, 1.82) is 0 Å². The Morgan fingerprint density at radius 1 is 1.13 bits per heavy atom. The van der Waals surface area contributed by atoms with E-state index in [-0.39, 0.29) is 5.56 Å². The highest BCUT2D eigenvalue weighted by atomic mass is 16.5. The van der Waals surface area contributed by atoms with Crippen LogP contribution in [0.15, 0.2) is 41.2 Å². The van der Waals surface area contributed by atoms with Crippen molar-refractivity contribution >= 4 is 0 Å². The zero-order chi connectivity index (χ0) is 16.1. The average Bonchev–Trinajstić information content (AvgIpc) is 2.62. The van der Waals surface area contributed by atoms with Crippen molar-refractivity contribution in [3.8, 4) is 11.3 Å². The average molecular weight is 313 g/mol. The van der Waals surface area contributed by atoms with Gasteiger partial charge in [-0.3, -0.25) is 9.69 Å². The maximum atomic E-state index is 12.5. The molecule has 1 aliphatic heterocycles. The number of benzene rings is 1. The summed E-state index contributed by atoms with van der Waals surface area (Å²) >= 11 is 0. The van der Waals surface area contributed by atoms with Crippen LogP contribution >= 0.6 is 0 Å². The van der Waals surface area contributed by atoms with Crippen molar-refractivity contribution in [3.63, 3.8) is 0 Å². The predicted molar refractivity (Wildman–Crippen MR) is 90.6 cm³/mol. The number of ether oxygens (including phenoxy) is 1. The van der Waals surface area contributed by atoms with Crippen molar-refractivity contribution in [2.75, 3.05) is 32.8 Å². The molecule has 122 valence electrons. The molecule has 1 aliphatic rings. The first kappa shape index (κ1) is 15.9. The SMILES string of the molecule is CCc1cc(-c2ccccc2)nn(CCN2CCOCC2)c1=O. The zero-order valence-electron chi connectivity index (χ0n) is 13.6. The number of nitrogens with zero attached hydrogens (tertiary/aromatic N) is 3. The molecule has 5 heteroatoms. The summed E-state index contributed by atoms with van der Waals surface area (Å²) in [5.41, 5.74) is 2.76. The summed E-state index contributed by atoms with van der Waals surface area (Å²) in [5, 5.41) is 4.58. The number of morpholine rings is 1. The molecule has 0 spiro atoms. The topological polar surface area (TPSA) is 47.4 Å². The third-order valence-corrected chi connectivity index (χ3v) is 4.23. The number of hydrogen-bond donors (Lipinski definition) is 0. The maximum absolute atomic E-state index is 12.5. The first-order valence-electron chi connectivity index (χ1n) is 8.24. The smallest absolute Gasteiger partial charge is 0.270 e. The Hall–Kier alpha value is -1.98. The summed E-state index contributed by atoms with van der Waals surface area (Å²) in [4.78, 5) is 14.8. The number of aromatic nitrogens is 2. The minimum atomic E-state index is 0.0282. The Morgan fingerprint density at radius 2 is 1.87 bits per heavy atom. The Morgan fingerprint density at radius 3 is 2.57 bits per heavy atom. The van der Waals surface area contributed by atoms with E-state index in [4.69, 9.17) is 4.74 Å². The van der Waals surface area contributed by atoms with Gasteiger partial charge in [-0.2, -0.15) is 5.10 Å². The van der Waals surface area contributed by atoms with Crippen LogP contribution in [0, 0.1) is 0 Å². The lowest BCUT2D eigenvalue weighted by atomic mass is 10.1. The number of hydrogen-bond acceptors (Lipinski definition) is 4. The van der Waals surface area contributed by atoms with Crippen LogP contribution < -0.4 is 5.56 Å². The monoisotopic (exact) mass is 313 g/mol. The lowest BCUT2D eigenvalue weighted by Crippen LogP contribution is -2.40. The molecule has 0 atom stereocenters. The van der Waals surface area contributed by atoms with Crippen molar-refractivity contribution in [1.82, 2.24) is 14.7 Å². The van der Waals surface area contributed by atoms with Crippen molar-refractivity contribution in [2.24, 2.45) is 0 Å². The van der Waals surface area contributed by atoms with Gasteiger partial charge < -0.3 is 4.74 Å². The molecule has 0 amide bonds. The van der Waals surface area contributed by atoms with Gasteiger partial charge in [0.2, 0.25) is 0 Å². The molecule has 1 fully saturated rings. The van der Waals surface area contributed by atoms with E-state index in [1.165, 1.54) is 0 Å². The molecule has 2 aromatic rings. The molecule has 3 rings (SSSR count). The van der Waals surface area contributed by atoms with Gasteiger partial charge in [-0.15, -0.1) is 0 Å². The second kappa shape index (κ2) is 7.53. The van der Waals surface area contributed by atoms with E-state index >= 15 is 0 Å². The van der Waals surface area contributed by atoms with Crippen LogP contribution in [0.1, 0.15) is 12.5 Å². The van der Waals surface area contributed by atoms with E-state index in [0.717, 1.165) is 56.1 Å². The molecule has 1 aromatic heterocycles. The molecule has 1 saturated heterocycles. The molecule has 0 aliphatic carbocycles. The highest BCUT2D eigenvalue weighted by Crippen LogP contribution is 2.16. The normalized spacial score (nSPS) is 15.7. The third kappa shape index (κ3) is 3.86. The third-order valence-electron chi connectivity index (χ3n) is 4.23. The van der Waals surface area contributed by atoms with E-state index in [2.05, 4.69) is 10.00 Å². The Bertz CT molecular complexity index is 691. The van der Waals surface area contributed by atoms with Gasteiger partial charge in [0.1, 0.15) is 0 Å². The summed E-state index contributed by atoms with van der Waals surface area (Å²) in [6.07, 6.45) is 0.721. The summed E-state index contributed by atoms with van der Waals surface area (Å²) in [6.45, 7) is 6.85. The Labute approximate surface area is 136 Å². The zero-order valence-corrected chi connectivity index (χ0v) is 13.6. The van der Waals surface area contributed by atoms with Crippen LogP contribution in [0.5, 0.6) is 0 Å². The molecule has 0 bridgehead atoms. The molecule has 0 saturated carbocycles. The largest absolute Gasteiger partial charge is 0.379 e. The van der Waals surface area contributed by atoms with E-state index in [9.17, 15) is 4.79 Å². The lowest BCUT2D eigenvalue weighted by molar-refractivity contribution is 0.0358. The summed E-state index contributed by atoms with van der Waals surface area (Å²) in [5.74, 6) is 0. The minimum Gasteiger partial charge on any atom is -0.379 e. The predicted octanol–water partition coefficient (Wildman–Crippen LogP) is 1.80. The van der Waals surface area contributed by atoms with Gasteiger partial charge >= 0.3 is 0 Å². The fourth-order valence-corrected chi connectivity index (χ4v) is 2.81. The van der Waals surface area contributed by atoms with Crippen LogP contribution in [0.4, 0.5) is 0 Å². The summed E-state index contributed by atoms with van der Waals surface area (Å²) in [6, 6.07) is 11.9. The highest BCUT2D eigenvalue weighted by molar-refractivity contribution is 5.58. The van der Waals surface area contributed by atoms with Crippen LogP contribution in [-0.2, 0) is 17.7 Å². The van der Waals surface area contributed by atoms with E-state index < -0.39 is 0 Å². The molecule has 0 radical (unpaired) electrons. The molecule has 5 nitrogen and oxygen atoms in total. The second-order valence-corrected chi connectivity index (χ2v) is 5.76. The fraction of sp³-hybridized carbons (Fsp3) is 0.444. The van der Waals surface area contributed by atoms with Gasteiger partial charge in [0.25, 0.3) is 5.56 Å². The van der Waals surface area contributed by atoms with Crippen LogP contribution in [0.3, 0.4) is 0 Å². The quantitative estimate of drug-likeness (QED) is 0.844. The van der Waals surface area contributed by atoms with Gasteiger partial charge in [-0.25, -0.2) is 4.68 Å². The number of rotatable bonds is 5. The lowest BCUT2D eigenvalue weighted by Gasteiger charge is -2.26. The maximum Gasteiger partial charge on any atom is 0.270 e. The van der Waals surface area contributed by atoms with Gasteiger partial charge in [0.05, 0.1) is 25.5 Å². The molecule has 23 heavy (non-hydrogen) atoms. The van der Waals surface area contributed by atoms with Gasteiger partial charge in [0, 0.05) is 30.8 Å². The van der Waals surface area contributed by atoms with Crippen LogP contribution in [0.25, 0.3) is 11.3 Å². The first-order chi connectivity index (χ1) is 11.3.